The van der Waals surface area contributed by atoms with Crippen LogP contribution in [0.2, 0.25) is 0 Å². The van der Waals surface area contributed by atoms with Crippen molar-refractivity contribution >= 4 is 11.8 Å². The van der Waals surface area contributed by atoms with Crippen LogP contribution < -0.4 is 5.32 Å². The number of aryl methyl sites for hydroxylation is 2. The van der Waals surface area contributed by atoms with E-state index in [0.717, 1.165) is 61.0 Å². The molecule has 0 saturated carbocycles. The number of H-pyrrole nitrogens is 1. The summed E-state index contributed by atoms with van der Waals surface area (Å²) in [6.07, 6.45) is 6.40. The van der Waals surface area contributed by atoms with Gasteiger partial charge in [-0.25, -0.2) is 4.39 Å². The van der Waals surface area contributed by atoms with Crippen LogP contribution in [-0.4, -0.2) is 81.0 Å². The van der Waals surface area contributed by atoms with Gasteiger partial charge in [-0.3, -0.25) is 9.59 Å². The molecule has 10 nitrogen and oxygen atoms in total. The summed E-state index contributed by atoms with van der Waals surface area (Å²) in [6, 6.07) is 12.5. The van der Waals surface area contributed by atoms with E-state index in [4.69, 9.17) is 0 Å². The van der Waals surface area contributed by atoms with E-state index in [1.165, 1.54) is 6.07 Å². The molecule has 218 valence electrons. The summed E-state index contributed by atoms with van der Waals surface area (Å²) in [4.78, 5) is 29.9. The zero-order valence-corrected chi connectivity index (χ0v) is 23.6. The number of rotatable bonds is 7. The summed E-state index contributed by atoms with van der Waals surface area (Å²) in [5, 5.41) is 28.1. The van der Waals surface area contributed by atoms with E-state index in [1.807, 2.05) is 23.1 Å². The Kier molecular flexibility index (Phi) is 7.98. The van der Waals surface area contributed by atoms with Gasteiger partial charge in [0.05, 0.1) is 18.0 Å². The Bertz CT molecular complexity index is 1500. The van der Waals surface area contributed by atoms with Crippen LogP contribution in [0.5, 0.6) is 0 Å². The maximum Gasteiger partial charge on any atom is 0.253 e. The second-order valence-electron chi connectivity index (χ2n) is 11.5. The van der Waals surface area contributed by atoms with Crippen molar-refractivity contribution in [2.24, 2.45) is 0 Å². The molecule has 1 aromatic heterocycles. The Morgan fingerprint density at radius 2 is 1.81 bits per heavy atom. The number of nitrogens with one attached hydrogen (secondary N) is 2. The number of piperidine rings is 1. The van der Waals surface area contributed by atoms with Crippen LogP contribution in [0.3, 0.4) is 0 Å². The van der Waals surface area contributed by atoms with E-state index >= 15 is 0 Å². The molecule has 0 radical (unpaired) electrons. The fourth-order valence-corrected chi connectivity index (χ4v) is 6.97. The third kappa shape index (κ3) is 5.15. The third-order valence-corrected chi connectivity index (χ3v) is 9.05. The van der Waals surface area contributed by atoms with Gasteiger partial charge in [0.15, 0.2) is 5.82 Å². The molecule has 3 aliphatic rings. The van der Waals surface area contributed by atoms with Gasteiger partial charge in [0, 0.05) is 25.2 Å². The number of carbonyl (C=O) groups excluding carboxylic acids is 2. The molecule has 2 amide bonds. The van der Waals surface area contributed by atoms with Crippen LogP contribution in [0.4, 0.5) is 4.39 Å². The molecule has 2 fully saturated rings. The van der Waals surface area contributed by atoms with Gasteiger partial charge < -0.3 is 15.1 Å². The molecule has 11 heteroatoms. The first kappa shape index (κ1) is 28.0. The number of likely N-dealkylation sites (tertiary alicyclic amines) is 2. The van der Waals surface area contributed by atoms with Crippen LogP contribution in [0.15, 0.2) is 36.4 Å². The Morgan fingerprint density at radius 1 is 1.05 bits per heavy atom. The van der Waals surface area contributed by atoms with E-state index < -0.39 is 5.41 Å². The summed E-state index contributed by atoms with van der Waals surface area (Å²) >= 11 is 0. The number of nitrogens with zero attached hydrogens (tertiary/aromatic N) is 6. The molecule has 2 unspecified atom stereocenters. The zero-order valence-electron chi connectivity index (χ0n) is 23.6. The van der Waals surface area contributed by atoms with Crippen molar-refractivity contribution in [3.05, 3.63) is 75.9 Å². The summed E-state index contributed by atoms with van der Waals surface area (Å²) < 4.78 is 14.6. The SMILES string of the molecule is N#CC1CCCN1C(=O)CNCCC1(c2nn[nH]n2)c2ccc(F)cc2CCc2cc(C(=O)N3CCCCC3)ccc21. The first-order chi connectivity index (χ1) is 20.5. The van der Waals surface area contributed by atoms with Crippen molar-refractivity contribution in [3.8, 4) is 6.07 Å². The number of carbonyl (C=O) groups is 2. The summed E-state index contributed by atoms with van der Waals surface area (Å²) in [6.45, 7) is 2.66. The van der Waals surface area contributed by atoms with Crippen LogP contribution >= 0.6 is 0 Å². The largest absolute Gasteiger partial charge is 0.339 e. The molecule has 2 atom stereocenters. The fourth-order valence-electron chi connectivity index (χ4n) is 6.97. The predicted molar refractivity (Wildman–Crippen MR) is 152 cm³/mol. The minimum Gasteiger partial charge on any atom is -0.339 e. The predicted octanol–water partition coefficient (Wildman–Crippen LogP) is 2.89. The Labute approximate surface area is 244 Å². The lowest BCUT2D eigenvalue weighted by Gasteiger charge is -2.34. The van der Waals surface area contributed by atoms with Crippen molar-refractivity contribution < 1.29 is 14.0 Å². The van der Waals surface area contributed by atoms with Gasteiger partial charge in [-0.1, -0.05) is 17.3 Å². The number of aromatic nitrogens is 4. The van der Waals surface area contributed by atoms with Crippen molar-refractivity contribution in [2.75, 3.05) is 32.7 Å². The molecule has 2 aromatic carbocycles. The molecule has 2 aliphatic heterocycles. The third-order valence-electron chi connectivity index (χ3n) is 9.05. The monoisotopic (exact) mass is 570 g/mol. The van der Waals surface area contributed by atoms with Gasteiger partial charge >= 0.3 is 0 Å². The number of aromatic amines is 1. The molecule has 3 heterocycles. The van der Waals surface area contributed by atoms with Crippen molar-refractivity contribution in [1.82, 2.24) is 35.7 Å². The van der Waals surface area contributed by atoms with E-state index in [9.17, 15) is 19.2 Å². The zero-order chi connectivity index (χ0) is 29.1. The number of nitriles is 1. The second-order valence-corrected chi connectivity index (χ2v) is 11.5. The minimum absolute atomic E-state index is 0.0354. The van der Waals surface area contributed by atoms with Crippen LogP contribution in [0, 0.1) is 17.1 Å². The van der Waals surface area contributed by atoms with E-state index in [1.54, 1.807) is 17.0 Å². The number of hydrogen-bond donors (Lipinski definition) is 2. The van der Waals surface area contributed by atoms with E-state index in [2.05, 4.69) is 32.0 Å². The normalized spacial score (nSPS) is 21.8. The molecule has 1 aliphatic carbocycles. The average molecular weight is 571 g/mol. The Morgan fingerprint density at radius 3 is 2.55 bits per heavy atom. The maximum atomic E-state index is 14.6. The van der Waals surface area contributed by atoms with Crippen molar-refractivity contribution in [2.45, 2.75) is 62.8 Å². The Balaban J connectivity index is 1.35. The quantitative estimate of drug-likeness (QED) is 0.418. The lowest BCUT2D eigenvalue weighted by atomic mass is 9.69. The van der Waals surface area contributed by atoms with Gasteiger partial charge in [0.1, 0.15) is 11.9 Å². The van der Waals surface area contributed by atoms with Crippen LogP contribution in [0.25, 0.3) is 0 Å². The van der Waals surface area contributed by atoms with Crippen molar-refractivity contribution in [1.29, 1.82) is 5.26 Å². The highest BCUT2D eigenvalue weighted by molar-refractivity contribution is 5.94. The summed E-state index contributed by atoms with van der Waals surface area (Å²) in [5.74, 6) is 0.0698. The molecule has 0 bridgehead atoms. The highest BCUT2D eigenvalue weighted by atomic mass is 19.1. The molecule has 0 spiro atoms. The van der Waals surface area contributed by atoms with Crippen LogP contribution in [-0.2, 0) is 23.1 Å². The minimum atomic E-state index is -0.895. The Hall–Kier alpha value is -4.17. The van der Waals surface area contributed by atoms with E-state index in [-0.39, 0.29) is 30.2 Å². The molecule has 3 aromatic rings. The lowest BCUT2D eigenvalue weighted by Crippen LogP contribution is -2.42. The number of benzene rings is 2. The van der Waals surface area contributed by atoms with Gasteiger partial charge in [-0.05, 0) is 104 Å². The molecule has 2 saturated heterocycles. The van der Waals surface area contributed by atoms with Crippen LogP contribution in [0.1, 0.15) is 77.0 Å². The number of tetrazole rings is 1. The highest BCUT2D eigenvalue weighted by Crippen LogP contribution is 2.46. The molecular weight excluding hydrogens is 535 g/mol. The smallest absolute Gasteiger partial charge is 0.253 e. The second kappa shape index (κ2) is 12.0. The summed E-state index contributed by atoms with van der Waals surface area (Å²) in [7, 11) is 0. The number of halogens is 1. The molecule has 6 rings (SSSR count). The fraction of sp³-hybridized carbons (Fsp3) is 0.484. The summed E-state index contributed by atoms with van der Waals surface area (Å²) in [5.41, 5.74) is 3.43. The highest BCUT2D eigenvalue weighted by Gasteiger charge is 2.44. The topological polar surface area (TPSA) is 131 Å². The van der Waals surface area contributed by atoms with Gasteiger partial charge in [0.25, 0.3) is 5.91 Å². The first-order valence-corrected chi connectivity index (χ1v) is 14.9. The van der Waals surface area contributed by atoms with Crippen molar-refractivity contribution in [3.63, 3.8) is 0 Å². The molecular formula is C31H35FN8O2. The van der Waals surface area contributed by atoms with Gasteiger partial charge in [0.2, 0.25) is 5.91 Å². The van der Waals surface area contributed by atoms with E-state index in [0.29, 0.717) is 50.2 Å². The van der Waals surface area contributed by atoms with Gasteiger partial charge in [-0.2, -0.15) is 10.5 Å². The molecule has 2 N–H and O–H groups in total. The standard InChI is InChI=1S/C31H35FN8O2/c32-24-9-11-27-22(18-24)7-6-21-17-23(29(42)39-14-2-1-3-15-39)8-10-26(21)31(27,30-35-37-38-36-30)12-13-34-20-28(41)40-16-4-5-25(40)19-33/h8-11,17-18,25,34H,1-7,12-16,20H2,(H,35,36,37,38). The number of amides is 2. The lowest BCUT2D eigenvalue weighted by molar-refractivity contribution is -0.130. The van der Waals surface area contributed by atoms with Gasteiger partial charge in [-0.15, -0.1) is 10.2 Å². The first-order valence-electron chi connectivity index (χ1n) is 14.9. The molecule has 42 heavy (non-hydrogen) atoms. The number of hydrogen-bond acceptors (Lipinski definition) is 7. The maximum absolute atomic E-state index is 14.6. The average Bonchev–Trinajstić information content (AvgIpc) is 3.72. The number of fused-ring (bicyclic) bond motifs is 2.